The van der Waals surface area contributed by atoms with Crippen LogP contribution in [-0.2, 0) is 11.3 Å². The molecule has 6 heteroatoms. The van der Waals surface area contributed by atoms with Crippen LogP contribution in [0.25, 0.3) is 10.6 Å². The van der Waals surface area contributed by atoms with Gasteiger partial charge in [0.05, 0.1) is 15.8 Å². The Balaban J connectivity index is 2.02. The van der Waals surface area contributed by atoms with Gasteiger partial charge in [-0.05, 0) is 12.1 Å². The number of aromatic nitrogens is 1. The smallest absolute Gasteiger partial charge is 0.181 e. The van der Waals surface area contributed by atoms with Crippen molar-refractivity contribution in [3.63, 3.8) is 0 Å². The molecule has 0 unspecified atom stereocenters. The van der Waals surface area contributed by atoms with E-state index in [1.54, 1.807) is 7.11 Å². The second-order valence-corrected chi connectivity index (χ2v) is 5.12. The number of nitrogens with one attached hydrogen (secondary N) is 1. The van der Waals surface area contributed by atoms with Gasteiger partial charge in [-0.1, -0.05) is 11.6 Å². The van der Waals surface area contributed by atoms with Crippen LogP contribution in [0, 0.1) is 0 Å². The van der Waals surface area contributed by atoms with E-state index in [4.69, 9.17) is 20.8 Å². The summed E-state index contributed by atoms with van der Waals surface area (Å²) in [5, 5.41) is 3.23. The predicted molar refractivity (Wildman–Crippen MR) is 68.4 cm³/mol. The van der Waals surface area contributed by atoms with Gasteiger partial charge in [-0.3, -0.25) is 0 Å². The minimum Gasteiger partial charge on any atom is -0.442 e. The van der Waals surface area contributed by atoms with Crippen molar-refractivity contribution >= 4 is 22.9 Å². The van der Waals surface area contributed by atoms with Gasteiger partial charge in [0.25, 0.3) is 0 Å². The fraction of sp³-hybridized carbons (Fsp3) is 0.364. The molecule has 0 amide bonds. The molecule has 92 valence electrons. The van der Waals surface area contributed by atoms with Crippen LogP contribution < -0.4 is 5.32 Å². The largest absolute Gasteiger partial charge is 0.442 e. The molecule has 0 aliphatic heterocycles. The van der Waals surface area contributed by atoms with E-state index in [2.05, 4.69) is 10.3 Å². The van der Waals surface area contributed by atoms with E-state index < -0.39 is 0 Å². The number of hydrogen-bond donors (Lipinski definition) is 1. The quantitative estimate of drug-likeness (QED) is 0.822. The van der Waals surface area contributed by atoms with Gasteiger partial charge in [-0.15, -0.1) is 11.3 Å². The van der Waals surface area contributed by atoms with Crippen LogP contribution in [0.15, 0.2) is 22.9 Å². The average molecular weight is 273 g/mol. The Morgan fingerprint density at radius 3 is 3.12 bits per heavy atom. The molecule has 0 aliphatic rings. The number of thiophene rings is 1. The number of nitrogens with zero attached hydrogens (tertiary/aromatic N) is 1. The van der Waals surface area contributed by atoms with E-state index >= 15 is 0 Å². The molecule has 0 bridgehead atoms. The van der Waals surface area contributed by atoms with Crippen molar-refractivity contribution in [3.8, 4) is 10.6 Å². The van der Waals surface area contributed by atoms with Crippen molar-refractivity contribution in [1.82, 2.24) is 10.3 Å². The van der Waals surface area contributed by atoms with E-state index in [1.807, 2.05) is 12.1 Å². The summed E-state index contributed by atoms with van der Waals surface area (Å²) < 4.78 is 11.1. The van der Waals surface area contributed by atoms with E-state index in [-0.39, 0.29) is 0 Å². The highest BCUT2D eigenvalue weighted by atomic mass is 35.5. The second kappa shape index (κ2) is 6.16. The van der Waals surface area contributed by atoms with Gasteiger partial charge in [0.15, 0.2) is 12.2 Å². The van der Waals surface area contributed by atoms with Crippen LogP contribution >= 0.6 is 22.9 Å². The van der Waals surface area contributed by atoms with Gasteiger partial charge in [0.1, 0.15) is 5.69 Å². The molecule has 0 spiro atoms. The Morgan fingerprint density at radius 2 is 2.41 bits per heavy atom. The molecule has 0 saturated carbocycles. The van der Waals surface area contributed by atoms with E-state index in [9.17, 15) is 0 Å². The summed E-state index contributed by atoms with van der Waals surface area (Å²) in [6.45, 7) is 2.12. The Labute approximate surface area is 109 Å². The Bertz CT molecular complexity index is 469. The zero-order chi connectivity index (χ0) is 12.1. The first kappa shape index (κ1) is 12.6. The van der Waals surface area contributed by atoms with Crippen molar-refractivity contribution in [2.24, 2.45) is 0 Å². The van der Waals surface area contributed by atoms with Gasteiger partial charge in [0.2, 0.25) is 0 Å². The summed E-state index contributed by atoms with van der Waals surface area (Å²) in [5.41, 5.74) is 0.889. The molecule has 2 aromatic rings. The molecule has 0 atom stereocenters. The monoisotopic (exact) mass is 272 g/mol. The lowest BCUT2D eigenvalue weighted by Gasteiger charge is -2.02. The van der Waals surface area contributed by atoms with Gasteiger partial charge in [-0.25, -0.2) is 4.98 Å². The van der Waals surface area contributed by atoms with Crippen molar-refractivity contribution < 1.29 is 9.15 Å². The Hall–Kier alpha value is -0.880. The van der Waals surface area contributed by atoms with Crippen LogP contribution in [0.2, 0.25) is 4.34 Å². The maximum Gasteiger partial charge on any atom is 0.181 e. The zero-order valence-electron chi connectivity index (χ0n) is 9.40. The minimum atomic E-state index is 0.657. The van der Waals surface area contributed by atoms with Crippen LogP contribution in [0.1, 0.15) is 5.69 Å². The fourth-order valence-electron chi connectivity index (χ4n) is 1.41. The highest BCUT2D eigenvalue weighted by Gasteiger charge is 2.12. The van der Waals surface area contributed by atoms with E-state index in [0.717, 1.165) is 27.2 Å². The van der Waals surface area contributed by atoms with Crippen molar-refractivity contribution in [2.75, 3.05) is 20.3 Å². The summed E-state index contributed by atoms with van der Waals surface area (Å²) in [6.07, 6.45) is 1.45. The van der Waals surface area contributed by atoms with Crippen molar-refractivity contribution in [1.29, 1.82) is 0 Å². The molecular formula is C11H13ClN2O2S. The molecule has 0 aromatic carbocycles. The molecule has 0 aliphatic carbocycles. The highest BCUT2D eigenvalue weighted by molar-refractivity contribution is 7.19. The summed E-state index contributed by atoms with van der Waals surface area (Å²) >= 11 is 7.38. The van der Waals surface area contributed by atoms with Crippen LogP contribution in [-0.4, -0.2) is 25.2 Å². The minimum absolute atomic E-state index is 0.657. The van der Waals surface area contributed by atoms with Crippen LogP contribution in [0.3, 0.4) is 0 Å². The van der Waals surface area contributed by atoms with Crippen LogP contribution in [0.5, 0.6) is 0 Å². The first-order valence-electron chi connectivity index (χ1n) is 5.19. The summed E-state index contributed by atoms with van der Waals surface area (Å²) in [6, 6.07) is 3.79. The highest BCUT2D eigenvalue weighted by Crippen LogP contribution is 2.32. The first-order valence-corrected chi connectivity index (χ1v) is 6.38. The summed E-state index contributed by atoms with van der Waals surface area (Å²) in [7, 11) is 1.68. The number of rotatable bonds is 6. The molecule has 17 heavy (non-hydrogen) atoms. The summed E-state index contributed by atoms with van der Waals surface area (Å²) in [5.74, 6) is 0.784. The molecule has 1 N–H and O–H groups in total. The number of ether oxygens (including phenoxy) is 1. The second-order valence-electron chi connectivity index (χ2n) is 3.40. The maximum absolute atomic E-state index is 5.90. The van der Waals surface area contributed by atoms with E-state index in [0.29, 0.717) is 13.2 Å². The van der Waals surface area contributed by atoms with Gasteiger partial charge >= 0.3 is 0 Å². The SMILES string of the molecule is COCCNCc1ncoc1-c1ccc(Cl)s1. The standard InChI is InChI=1S/C11H13ClN2O2S/c1-15-5-4-13-6-8-11(16-7-14-8)9-2-3-10(12)17-9/h2-3,7,13H,4-6H2,1H3. The molecule has 0 radical (unpaired) electrons. The Morgan fingerprint density at radius 1 is 1.53 bits per heavy atom. The lowest BCUT2D eigenvalue weighted by molar-refractivity contribution is 0.199. The lowest BCUT2D eigenvalue weighted by atomic mass is 10.3. The van der Waals surface area contributed by atoms with Gasteiger partial charge in [0, 0.05) is 20.2 Å². The topological polar surface area (TPSA) is 47.3 Å². The predicted octanol–water partition coefficient (Wildman–Crippen LogP) is 2.79. The first-order chi connectivity index (χ1) is 8.31. The third-order valence-electron chi connectivity index (χ3n) is 2.21. The lowest BCUT2D eigenvalue weighted by Crippen LogP contribution is -2.19. The molecule has 4 nitrogen and oxygen atoms in total. The fourth-order valence-corrected chi connectivity index (χ4v) is 2.47. The van der Waals surface area contributed by atoms with Gasteiger partial charge in [-0.2, -0.15) is 0 Å². The number of oxazole rings is 1. The third-order valence-corrected chi connectivity index (χ3v) is 3.44. The van der Waals surface area contributed by atoms with Crippen LogP contribution in [0.4, 0.5) is 0 Å². The number of halogens is 1. The number of methoxy groups -OCH3 is 1. The zero-order valence-corrected chi connectivity index (χ0v) is 11.0. The number of hydrogen-bond acceptors (Lipinski definition) is 5. The molecular weight excluding hydrogens is 260 g/mol. The third kappa shape index (κ3) is 3.29. The molecule has 2 aromatic heterocycles. The molecule has 2 rings (SSSR count). The summed E-state index contributed by atoms with van der Waals surface area (Å²) in [4.78, 5) is 5.19. The van der Waals surface area contributed by atoms with Gasteiger partial charge < -0.3 is 14.5 Å². The molecule has 0 saturated heterocycles. The van der Waals surface area contributed by atoms with Crippen molar-refractivity contribution in [3.05, 3.63) is 28.6 Å². The Kier molecular flexibility index (Phi) is 4.56. The maximum atomic E-state index is 5.90. The van der Waals surface area contributed by atoms with Crippen molar-refractivity contribution in [2.45, 2.75) is 6.54 Å². The molecule has 2 heterocycles. The average Bonchev–Trinajstić information content (AvgIpc) is 2.93. The molecule has 0 fully saturated rings. The normalized spacial score (nSPS) is 10.9. The van der Waals surface area contributed by atoms with E-state index in [1.165, 1.54) is 17.7 Å².